The normalized spacial score (nSPS) is 11.1. The van der Waals surface area contributed by atoms with E-state index in [-0.39, 0.29) is 24.6 Å². The molecule has 6 nitrogen and oxygen atoms in total. The van der Waals surface area contributed by atoms with Crippen molar-refractivity contribution in [2.45, 2.75) is 33.9 Å². The number of halogens is 1. The van der Waals surface area contributed by atoms with Gasteiger partial charge in [0.15, 0.2) is 5.65 Å². The highest BCUT2D eigenvalue weighted by Gasteiger charge is 2.19. The highest BCUT2D eigenvalue weighted by Crippen LogP contribution is 2.17. The van der Waals surface area contributed by atoms with Gasteiger partial charge in [-0.2, -0.15) is 5.10 Å². The number of hydrogen-bond acceptors (Lipinski definition) is 4. The third kappa shape index (κ3) is 3.23. The molecule has 1 amide bonds. The average Bonchev–Trinajstić information content (AvgIpc) is 2.90. The predicted molar refractivity (Wildman–Crippen MR) is 90.7 cm³/mol. The maximum absolute atomic E-state index is 13.4. The molecule has 0 aliphatic rings. The molecule has 3 rings (SSSR count). The number of carbonyl (C=O) groups is 1. The van der Waals surface area contributed by atoms with E-state index in [1.54, 1.807) is 17.5 Å². The van der Waals surface area contributed by atoms with Crippen LogP contribution in [0.1, 0.15) is 38.6 Å². The van der Waals surface area contributed by atoms with Crippen LogP contribution in [0.5, 0.6) is 0 Å². The molecule has 2 aromatic heterocycles. The fourth-order valence-corrected chi connectivity index (χ4v) is 2.82. The van der Waals surface area contributed by atoms with Gasteiger partial charge in [0, 0.05) is 23.5 Å². The molecule has 0 bridgehead atoms. The highest BCUT2D eigenvalue weighted by molar-refractivity contribution is 6.01. The molecular weight excluding hydrogens is 323 g/mol. The average molecular weight is 342 g/mol. The number of nitrogens with zero attached hydrogens (tertiary/aromatic N) is 3. The minimum Gasteiger partial charge on any atom is -0.392 e. The van der Waals surface area contributed by atoms with E-state index in [2.05, 4.69) is 15.4 Å². The Hall–Kier alpha value is -2.80. The zero-order valence-corrected chi connectivity index (χ0v) is 14.3. The first-order valence-electron chi connectivity index (χ1n) is 7.90. The summed E-state index contributed by atoms with van der Waals surface area (Å²) in [4.78, 5) is 17.1. The fraction of sp³-hybridized carbons (Fsp3) is 0.278. The number of nitrogens with one attached hydrogen (secondary N) is 1. The second kappa shape index (κ2) is 6.60. The summed E-state index contributed by atoms with van der Waals surface area (Å²) in [6, 6.07) is 6.29. The summed E-state index contributed by atoms with van der Waals surface area (Å²) in [5, 5.41) is 16.3. The SMILES string of the molecule is Cc1cc(C)n2nc(C)c(C(=O)NCc3ccc(F)c(CO)c3)c2n1. The van der Waals surface area contributed by atoms with Gasteiger partial charge in [-0.3, -0.25) is 4.79 Å². The van der Waals surface area contributed by atoms with E-state index in [9.17, 15) is 9.18 Å². The van der Waals surface area contributed by atoms with Crippen LogP contribution in [0, 0.1) is 26.6 Å². The molecule has 2 heterocycles. The molecule has 1 aromatic carbocycles. The summed E-state index contributed by atoms with van der Waals surface area (Å²) in [5.74, 6) is -0.758. The molecule has 0 saturated heterocycles. The molecule has 25 heavy (non-hydrogen) atoms. The lowest BCUT2D eigenvalue weighted by Crippen LogP contribution is -2.23. The summed E-state index contributed by atoms with van der Waals surface area (Å²) in [6.07, 6.45) is 0. The van der Waals surface area contributed by atoms with Crippen LogP contribution in [0.4, 0.5) is 4.39 Å². The van der Waals surface area contributed by atoms with Crippen LogP contribution < -0.4 is 5.32 Å². The molecular formula is C18H19FN4O2. The molecule has 3 aromatic rings. The Morgan fingerprint density at radius 3 is 2.76 bits per heavy atom. The van der Waals surface area contributed by atoms with Crippen molar-refractivity contribution in [3.05, 3.63) is 63.9 Å². The predicted octanol–water partition coefficient (Wildman–Crippen LogP) is 2.22. The van der Waals surface area contributed by atoms with Crippen LogP contribution in [0.25, 0.3) is 5.65 Å². The van der Waals surface area contributed by atoms with E-state index in [1.165, 1.54) is 12.1 Å². The van der Waals surface area contributed by atoms with Crippen LogP contribution in [-0.4, -0.2) is 25.6 Å². The largest absolute Gasteiger partial charge is 0.392 e. The van der Waals surface area contributed by atoms with Crippen molar-refractivity contribution in [1.29, 1.82) is 0 Å². The maximum Gasteiger partial charge on any atom is 0.257 e. The number of aromatic nitrogens is 3. The summed E-state index contributed by atoms with van der Waals surface area (Å²) < 4.78 is 15.1. The standard InChI is InChI=1S/C18H19FN4O2/c1-10-6-11(2)23-17(21-10)16(12(3)22-23)18(25)20-8-13-4-5-15(19)14(7-13)9-24/h4-7,24H,8-9H2,1-3H3,(H,20,25). The lowest BCUT2D eigenvalue weighted by Gasteiger charge is -2.07. The van der Waals surface area contributed by atoms with Crippen LogP contribution in [0.15, 0.2) is 24.3 Å². The Labute approximate surface area is 144 Å². The quantitative estimate of drug-likeness (QED) is 0.762. The lowest BCUT2D eigenvalue weighted by atomic mass is 10.1. The molecule has 2 N–H and O–H groups in total. The van der Waals surface area contributed by atoms with E-state index in [4.69, 9.17) is 5.11 Å². The third-order valence-electron chi connectivity index (χ3n) is 4.03. The molecule has 0 saturated carbocycles. The van der Waals surface area contributed by atoms with Crippen molar-refractivity contribution in [2.75, 3.05) is 0 Å². The van der Waals surface area contributed by atoms with Crippen LogP contribution >= 0.6 is 0 Å². The van der Waals surface area contributed by atoms with Gasteiger partial charge in [-0.05, 0) is 44.5 Å². The Kier molecular flexibility index (Phi) is 4.50. The summed E-state index contributed by atoms with van der Waals surface area (Å²) in [5.41, 5.74) is 4.15. The number of amides is 1. The van der Waals surface area contributed by atoms with Crippen LogP contribution in [0.2, 0.25) is 0 Å². The van der Waals surface area contributed by atoms with Crippen molar-refractivity contribution >= 4 is 11.6 Å². The van der Waals surface area contributed by atoms with Crippen molar-refractivity contribution in [1.82, 2.24) is 19.9 Å². The zero-order chi connectivity index (χ0) is 18.1. The maximum atomic E-state index is 13.4. The molecule has 0 unspecified atom stereocenters. The van der Waals surface area contributed by atoms with E-state index in [0.29, 0.717) is 22.5 Å². The second-order valence-corrected chi connectivity index (χ2v) is 6.00. The van der Waals surface area contributed by atoms with Gasteiger partial charge in [0.2, 0.25) is 0 Å². The summed E-state index contributed by atoms with van der Waals surface area (Å²) >= 11 is 0. The van der Waals surface area contributed by atoms with E-state index in [0.717, 1.165) is 11.4 Å². The first-order chi connectivity index (χ1) is 11.9. The Morgan fingerprint density at radius 2 is 2.04 bits per heavy atom. The molecule has 0 atom stereocenters. The number of aryl methyl sites for hydroxylation is 3. The second-order valence-electron chi connectivity index (χ2n) is 6.00. The smallest absolute Gasteiger partial charge is 0.257 e. The van der Waals surface area contributed by atoms with E-state index < -0.39 is 5.82 Å². The number of benzene rings is 1. The first-order valence-corrected chi connectivity index (χ1v) is 7.90. The molecule has 0 radical (unpaired) electrons. The Balaban J connectivity index is 1.87. The van der Waals surface area contributed by atoms with Crippen molar-refractivity contribution in [3.63, 3.8) is 0 Å². The van der Waals surface area contributed by atoms with Gasteiger partial charge < -0.3 is 10.4 Å². The first kappa shape index (κ1) is 17.0. The van der Waals surface area contributed by atoms with Gasteiger partial charge in [0.05, 0.1) is 12.3 Å². The number of aliphatic hydroxyl groups is 1. The zero-order valence-electron chi connectivity index (χ0n) is 14.3. The van der Waals surface area contributed by atoms with Gasteiger partial charge >= 0.3 is 0 Å². The van der Waals surface area contributed by atoms with Crippen molar-refractivity contribution < 1.29 is 14.3 Å². The van der Waals surface area contributed by atoms with Crippen LogP contribution in [0.3, 0.4) is 0 Å². The van der Waals surface area contributed by atoms with E-state index >= 15 is 0 Å². The van der Waals surface area contributed by atoms with Gasteiger partial charge in [-0.1, -0.05) is 6.07 Å². The topological polar surface area (TPSA) is 79.5 Å². The highest BCUT2D eigenvalue weighted by atomic mass is 19.1. The number of aliphatic hydroxyl groups excluding tert-OH is 1. The molecule has 7 heteroatoms. The Morgan fingerprint density at radius 1 is 1.28 bits per heavy atom. The van der Waals surface area contributed by atoms with Crippen LogP contribution in [-0.2, 0) is 13.2 Å². The van der Waals surface area contributed by atoms with Crippen molar-refractivity contribution in [3.8, 4) is 0 Å². The van der Waals surface area contributed by atoms with Crippen molar-refractivity contribution in [2.24, 2.45) is 0 Å². The molecule has 0 aliphatic heterocycles. The molecule has 0 aliphatic carbocycles. The fourth-order valence-electron chi connectivity index (χ4n) is 2.82. The number of fused-ring (bicyclic) bond motifs is 1. The van der Waals surface area contributed by atoms with Gasteiger partial charge in [-0.25, -0.2) is 13.9 Å². The number of hydrogen-bond donors (Lipinski definition) is 2. The summed E-state index contributed by atoms with van der Waals surface area (Å²) in [7, 11) is 0. The molecule has 0 fully saturated rings. The molecule has 130 valence electrons. The van der Waals surface area contributed by atoms with E-state index in [1.807, 2.05) is 19.9 Å². The summed E-state index contributed by atoms with van der Waals surface area (Å²) in [6.45, 7) is 5.37. The third-order valence-corrected chi connectivity index (χ3v) is 4.03. The van der Waals surface area contributed by atoms with Gasteiger partial charge in [-0.15, -0.1) is 0 Å². The van der Waals surface area contributed by atoms with Gasteiger partial charge in [0.1, 0.15) is 11.4 Å². The lowest BCUT2D eigenvalue weighted by molar-refractivity contribution is 0.0951. The number of rotatable bonds is 4. The Bertz CT molecular complexity index is 965. The number of carbonyl (C=O) groups excluding carboxylic acids is 1. The minimum atomic E-state index is -0.466. The monoisotopic (exact) mass is 342 g/mol. The molecule has 0 spiro atoms. The van der Waals surface area contributed by atoms with Gasteiger partial charge in [0.25, 0.3) is 5.91 Å². The minimum absolute atomic E-state index is 0.201.